The van der Waals surface area contributed by atoms with Crippen LogP contribution in [-0.2, 0) is 0 Å². The van der Waals surface area contributed by atoms with Crippen LogP contribution < -0.4 is 4.74 Å². The smallest absolute Gasteiger partial charge is 0.176 e. The first-order chi connectivity index (χ1) is 8.40. The average Bonchev–Trinajstić information content (AvgIpc) is 2.38. The lowest BCUT2D eigenvalue weighted by Crippen LogP contribution is -2.46. The zero-order valence-electron chi connectivity index (χ0n) is 11.4. The SMILES string of the molecule is COc1ccc(C(=O)CN(C)C(C)(C)CO)cc1. The van der Waals surface area contributed by atoms with Gasteiger partial charge in [-0.05, 0) is 45.2 Å². The van der Waals surface area contributed by atoms with E-state index in [0.29, 0.717) is 5.56 Å². The standard InChI is InChI=1S/C14H21NO3/c1-14(2,10-16)15(3)9-13(17)11-5-7-12(18-4)8-6-11/h5-8,16H,9-10H2,1-4H3. The Labute approximate surface area is 108 Å². The number of ketones is 1. The molecule has 1 aromatic carbocycles. The number of methoxy groups -OCH3 is 1. The number of carbonyl (C=O) groups is 1. The number of carbonyl (C=O) groups excluding carboxylic acids is 1. The van der Waals surface area contributed by atoms with Crippen molar-refractivity contribution in [3.63, 3.8) is 0 Å². The number of ether oxygens (including phenoxy) is 1. The van der Waals surface area contributed by atoms with Crippen molar-refractivity contribution < 1.29 is 14.6 Å². The third kappa shape index (κ3) is 3.55. The fourth-order valence-corrected chi connectivity index (χ4v) is 1.42. The molecule has 4 heteroatoms. The van der Waals surface area contributed by atoms with Gasteiger partial charge in [0.1, 0.15) is 5.75 Å². The van der Waals surface area contributed by atoms with Gasteiger partial charge in [0.05, 0.1) is 20.3 Å². The highest BCUT2D eigenvalue weighted by molar-refractivity contribution is 5.97. The van der Waals surface area contributed by atoms with E-state index >= 15 is 0 Å². The second-order valence-corrected chi connectivity index (χ2v) is 4.98. The summed E-state index contributed by atoms with van der Waals surface area (Å²) >= 11 is 0. The van der Waals surface area contributed by atoms with Gasteiger partial charge < -0.3 is 9.84 Å². The minimum Gasteiger partial charge on any atom is -0.497 e. The van der Waals surface area contributed by atoms with Crippen molar-refractivity contribution in [2.24, 2.45) is 0 Å². The van der Waals surface area contributed by atoms with Gasteiger partial charge in [-0.25, -0.2) is 0 Å². The molecular formula is C14H21NO3. The Balaban J connectivity index is 2.70. The molecule has 100 valence electrons. The fraction of sp³-hybridized carbons (Fsp3) is 0.500. The Kier molecular flexibility index (Phi) is 4.87. The molecule has 0 heterocycles. The van der Waals surface area contributed by atoms with E-state index < -0.39 is 5.54 Å². The molecular weight excluding hydrogens is 230 g/mol. The molecule has 0 spiro atoms. The molecule has 0 aromatic heterocycles. The van der Waals surface area contributed by atoms with Gasteiger partial charge in [-0.3, -0.25) is 9.69 Å². The molecule has 0 aliphatic heterocycles. The number of aliphatic hydroxyl groups is 1. The maximum atomic E-state index is 12.1. The number of benzene rings is 1. The monoisotopic (exact) mass is 251 g/mol. The van der Waals surface area contributed by atoms with Gasteiger partial charge >= 0.3 is 0 Å². The molecule has 1 rings (SSSR count). The van der Waals surface area contributed by atoms with Gasteiger partial charge in [0.25, 0.3) is 0 Å². The molecule has 1 N–H and O–H groups in total. The van der Waals surface area contributed by atoms with Crippen molar-refractivity contribution in [2.45, 2.75) is 19.4 Å². The molecule has 0 atom stereocenters. The predicted octanol–water partition coefficient (Wildman–Crippen LogP) is 1.58. The zero-order valence-corrected chi connectivity index (χ0v) is 11.4. The molecule has 0 aliphatic carbocycles. The lowest BCUT2D eigenvalue weighted by molar-refractivity contribution is 0.0659. The van der Waals surface area contributed by atoms with Crippen molar-refractivity contribution in [3.8, 4) is 5.75 Å². The Morgan fingerprint density at radius 1 is 1.33 bits per heavy atom. The molecule has 4 nitrogen and oxygen atoms in total. The number of rotatable bonds is 6. The van der Waals surface area contributed by atoms with Crippen LogP contribution in [0.2, 0.25) is 0 Å². The third-order valence-corrected chi connectivity index (χ3v) is 3.21. The van der Waals surface area contributed by atoms with Gasteiger partial charge in [0, 0.05) is 11.1 Å². The predicted molar refractivity (Wildman–Crippen MR) is 71.1 cm³/mol. The Morgan fingerprint density at radius 3 is 2.33 bits per heavy atom. The lowest BCUT2D eigenvalue weighted by Gasteiger charge is -2.33. The zero-order chi connectivity index (χ0) is 13.8. The summed E-state index contributed by atoms with van der Waals surface area (Å²) in [5.41, 5.74) is 0.249. The number of nitrogens with zero attached hydrogens (tertiary/aromatic N) is 1. The van der Waals surface area contributed by atoms with E-state index in [0.717, 1.165) is 5.75 Å². The van der Waals surface area contributed by atoms with Gasteiger partial charge in [-0.1, -0.05) is 0 Å². The van der Waals surface area contributed by atoms with E-state index in [1.807, 2.05) is 25.8 Å². The summed E-state index contributed by atoms with van der Waals surface area (Å²) in [7, 11) is 3.42. The maximum Gasteiger partial charge on any atom is 0.176 e. The molecule has 0 saturated carbocycles. The number of hydrogen-bond donors (Lipinski definition) is 1. The van der Waals surface area contributed by atoms with E-state index in [1.165, 1.54) is 0 Å². The number of Topliss-reactive ketones (excluding diaryl/α,β-unsaturated/α-hetero) is 1. The summed E-state index contributed by atoms with van der Waals surface area (Å²) in [5, 5.41) is 9.25. The average molecular weight is 251 g/mol. The Bertz CT molecular complexity index is 398. The third-order valence-electron chi connectivity index (χ3n) is 3.21. The second kappa shape index (κ2) is 5.98. The maximum absolute atomic E-state index is 12.1. The first kappa shape index (κ1) is 14.7. The van der Waals surface area contributed by atoms with E-state index in [2.05, 4.69) is 0 Å². The van der Waals surface area contributed by atoms with Crippen LogP contribution in [0.15, 0.2) is 24.3 Å². The number of aliphatic hydroxyl groups excluding tert-OH is 1. The second-order valence-electron chi connectivity index (χ2n) is 4.98. The largest absolute Gasteiger partial charge is 0.497 e. The molecule has 0 radical (unpaired) electrons. The van der Waals surface area contributed by atoms with Crippen LogP contribution in [0.5, 0.6) is 5.75 Å². The van der Waals surface area contributed by atoms with Crippen LogP contribution in [0.1, 0.15) is 24.2 Å². The minimum absolute atomic E-state index is 0.0133. The van der Waals surface area contributed by atoms with Crippen LogP contribution in [0.4, 0.5) is 0 Å². The molecule has 18 heavy (non-hydrogen) atoms. The highest BCUT2D eigenvalue weighted by atomic mass is 16.5. The summed E-state index contributed by atoms with van der Waals surface area (Å²) in [6.45, 7) is 4.09. The van der Waals surface area contributed by atoms with Crippen molar-refractivity contribution >= 4 is 5.78 Å². The summed E-state index contributed by atoms with van der Waals surface area (Å²) in [6, 6.07) is 7.04. The molecule has 0 saturated heterocycles. The normalized spacial score (nSPS) is 11.7. The van der Waals surface area contributed by atoms with E-state index in [-0.39, 0.29) is 18.9 Å². The highest BCUT2D eigenvalue weighted by Gasteiger charge is 2.24. The van der Waals surface area contributed by atoms with Crippen LogP contribution in [0.25, 0.3) is 0 Å². The first-order valence-corrected chi connectivity index (χ1v) is 5.90. The van der Waals surface area contributed by atoms with Gasteiger partial charge in [-0.2, -0.15) is 0 Å². The minimum atomic E-state index is -0.401. The first-order valence-electron chi connectivity index (χ1n) is 5.90. The van der Waals surface area contributed by atoms with Crippen LogP contribution >= 0.6 is 0 Å². The van der Waals surface area contributed by atoms with Crippen molar-refractivity contribution in [3.05, 3.63) is 29.8 Å². The van der Waals surface area contributed by atoms with Crippen molar-refractivity contribution in [2.75, 3.05) is 27.3 Å². The molecule has 0 unspecified atom stereocenters. The molecule has 0 bridgehead atoms. The Hall–Kier alpha value is -1.39. The highest BCUT2D eigenvalue weighted by Crippen LogP contribution is 2.15. The fourth-order valence-electron chi connectivity index (χ4n) is 1.42. The van der Waals surface area contributed by atoms with E-state index in [4.69, 9.17) is 4.74 Å². The topological polar surface area (TPSA) is 49.8 Å². The lowest BCUT2D eigenvalue weighted by atomic mass is 10.0. The molecule has 0 aliphatic rings. The van der Waals surface area contributed by atoms with Crippen molar-refractivity contribution in [1.82, 2.24) is 4.90 Å². The molecule has 0 amide bonds. The van der Waals surface area contributed by atoms with Gasteiger partial charge in [0.15, 0.2) is 5.78 Å². The summed E-state index contributed by atoms with van der Waals surface area (Å²) in [4.78, 5) is 13.9. The van der Waals surface area contributed by atoms with Crippen molar-refractivity contribution in [1.29, 1.82) is 0 Å². The van der Waals surface area contributed by atoms with Crippen LogP contribution in [-0.4, -0.2) is 48.6 Å². The van der Waals surface area contributed by atoms with E-state index in [1.54, 1.807) is 31.4 Å². The summed E-state index contributed by atoms with van der Waals surface area (Å²) < 4.78 is 5.05. The van der Waals surface area contributed by atoms with Crippen LogP contribution in [0, 0.1) is 0 Å². The molecule has 1 aromatic rings. The Morgan fingerprint density at radius 2 is 1.89 bits per heavy atom. The van der Waals surface area contributed by atoms with Gasteiger partial charge in [0.2, 0.25) is 0 Å². The summed E-state index contributed by atoms with van der Waals surface area (Å²) in [5.74, 6) is 0.761. The quantitative estimate of drug-likeness (QED) is 0.780. The van der Waals surface area contributed by atoms with Gasteiger partial charge in [-0.15, -0.1) is 0 Å². The van der Waals surface area contributed by atoms with Crippen LogP contribution in [0.3, 0.4) is 0 Å². The molecule has 0 fully saturated rings. The van der Waals surface area contributed by atoms with E-state index in [9.17, 15) is 9.90 Å². The number of likely N-dealkylation sites (N-methyl/N-ethyl adjacent to an activating group) is 1. The summed E-state index contributed by atoms with van der Waals surface area (Å²) in [6.07, 6.45) is 0. The number of hydrogen-bond acceptors (Lipinski definition) is 4.